The maximum Gasteiger partial charge on any atom is 0.269 e. The molecule has 0 aliphatic heterocycles. The molecule has 0 aromatic heterocycles. The zero-order chi connectivity index (χ0) is 23.8. The summed E-state index contributed by atoms with van der Waals surface area (Å²) in [6, 6.07) is 13.7. The highest BCUT2D eigenvalue weighted by molar-refractivity contribution is 9.10. The number of carbonyl (C=O) groups is 2. The van der Waals surface area contributed by atoms with Crippen molar-refractivity contribution in [2.45, 2.75) is 57.0 Å². The first-order valence-corrected chi connectivity index (χ1v) is 12.9. The molecule has 9 heteroatoms. The zero-order valence-corrected chi connectivity index (χ0v) is 20.9. The minimum atomic E-state index is -0.586. The molecular formula is C24H28BrN3O4S. The van der Waals surface area contributed by atoms with Crippen molar-refractivity contribution in [2.75, 3.05) is 5.75 Å². The number of nitro groups is 1. The summed E-state index contributed by atoms with van der Waals surface area (Å²) in [5, 5.41) is 13.9. The Labute approximate surface area is 206 Å². The van der Waals surface area contributed by atoms with Gasteiger partial charge >= 0.3 is 0 Å². The number of hydrogen-bond acceptors (Lipinski definition) is 5. The molecule has 0 spiro atoms. The summed E-state index contributed by atoms with van der Waals surface area (Å²) in [4.78, 5) is 38.1. The third kappa shape index (κ3) is 7.57. The molecule has 1 atom stereocenters. The second kappa shape index (κ2) is 12.2. The van der Waals surface area contributed by atoms with E-state index in [-0.39, 0.29) is 29.3 Å². The summed E-state index contributed by atoms with van der Waals surface area (Å²) in [6.07, 6.45) is 4.23. The van der Waals surface area contributed by atoms with Gasteiger partial charge in [0, 0.05) is 34.9 Å². The lowest BCUT2D eigenvalue weighted by Gasteiger charge is -2.29. The van der Waals surface area contributed by atoms with Gasteiger partial charge in [-0.05, 0) is 43.0 Å². The predicted molar refractivity (Wildman–Crippen MR) is 134 cm³/mol. The van der Waals surface area contributed by atoms with E-state index in [0.717, 1.165) is 41.3 Å². The number of nitrogens with zero attached hydrogens (tertiary/aromatic N) is 2. The van der Waals surface area contributed by atoms with Crippen molar-refractivity contribution in [1.29, 1.82) is 0 Å². The second-order valence-corrected chi connectivity index (χ2v) is 10.1. The van der Waals surface area contributed by atoms with Crippen LogP contribution >= 0.6 is 27.7 Å². The topological polar surface area (TPSA) is 92.6 Å². The number of non-ortho nitro benzene ring substituents is 1. The van der Waals surface area contributed by atoms with E-state index < -0.39 is 11.0 Å². The first-order valence-electron chi connectivity index (χ1n) is 11.0. The summed E-state index contributed by atoms with van der Waals surface area (Å²) in [6.45, 7) is 2.12. The molecule has 1 N–H and O–H groups in total. The number of benzene rings is 2. The second-order valence-electron chi connectivity index (χ2n) is 8.23. The van der Waals surface area contributed by atoms with E-state index in [1.807, 2.05) is 24.3 Å². The molecule has 1 fully saturated rings. The maximum atomic E-state index is 13.2. The normalized spacial score (nSPS) is 14.6. The molecule has 33 heavy (non-hydrogen) atoms. The number of nitro benzene ring substituents is 1. The van der Waals surface area contributed by atoms with E-state index in [1.54, 1.807) is 24.0 Å². The Morgan fingerprint density at radius 3 is 2.52 bits per heavy atom. The summed E-state index contributed by atoms with van der Waals surface area (Å²) < 4.78 is 0.919. The smallest absolute Gasteiger partial charge is 0.269 e. The molecule has 7 nitrogen and oxygen atoms in total. The van der Waals surface area contributed by atoms with Crippen LogP contribution in [0.4, 0.5) is 5.69 Å². The maximum absolute atomic E-state index is 13.2. The first-order chi connectivity index (χ1) is 15.8. The van der Waals surface area contributed by atoms with E-state index in [1.165, 1.54) is 23.9 Å². The van der Waals surface area contributed by atoms with Crippen LogP contribution in [0.25, 0.3) is 0 Å². The van der Waals surface area contributed by atoms with Gasteiger partial charge in [-0.15, -0.1) is 11.8 Å². The van der Waals surface area contributed by atoms with Crippen LogP contribution in [0.1, 0.15) is 43.7 Å². The third-order valence-corrected chi connectivity index (χ3v) is 7.23. The average molecular weight is 534 g/mol. The predicted octanol–water partition coefficient (Wildman–Crippen LogP) is 5.07. The van der Waals surface area contributed by atoms with Gasteiger partial charge in [0.15, 0.2) is 0 Å². The van der Waals surface area contributed by atoms with E-state index in [4.69, 9.17) is 0 Å². The lowest BCUT2D eigenvalue weighted by Crippen LogP contribution is -2.50. The van der Waals surface area contributed by atoms with Gasteiger partial charge in [-0.25, -0.2) is 0 Å². The number of hydrogen-bond donors (Lipinski definition) is 1. The fourth-order valence-corrected chi connectivity index (χ4v) is 5.18. The van der Waals surface area contributed by atoms with Gasteiger partial charge in [0.05, 0.1) is 10.7 Å². The summed E-state index contributed by atoms with van der Waals surface area (Å²) in [7, 11) is 0. The number of nitrogens with one attached hydrogen (secondary N) is 1. The Morgan fingerprint density at radius 2 is 1.88 bits per heavy atom. The highest BCUT2D eigenvalue weighted by Crippen LogP contribution is 2.21. The van der Waals surface area contributed by atoms with Crippen LogP contribution in [-0.2, 0) is 21.9 Å². The summed E-state index contributed by atoms with van der Waals surface area (Å²) >= 11 is 4.90. The highest BCUT2D eigenvalue weighted by Gasteiger charge is 2.28. The molecule has 1 aliphatic rings. The minimum absolute atomic E-state index is 0.0436. The van der Waals surface area contributed by atoms with E-state index >= 15 is 0 Å². The molecule has 1 saturated carbocycles. The van der Waals surface area contributed by atoms with Gasteiger partial charge in [-0.1, -0.05) is 53.0 Å². The Balaban J connectivity index is 1.64. The average Bonchev–Trinajstić information content (AvgIpc) is 3.30. The van der Waals surface area contributed by atoms with Gasteiger partial charge in [0.1, 0.15) is 6.04 Å². The van der Waals surface area contributed by atoms with Crippen molar-refractivity contribution in [3.8, 4) is 0 Å². The van der Waals surface area contributed by atoms with Crippen LogP contribution < -0.4 is 5.32 Å². The molecule has 3 rings (SSSR count). The quantitative estimate of drug-likeness (QED) is 0.340. The van der Waals surface area contributed by atoms with Crippen molar-refractivity contribution < 1.29 is 14.5 Å². The van der Waals surface area contributed by atoms with E-state index in [0.29, 0.717) is 12.3 Å². The van der Waals surface area contributed by atoms with Crippen molar-refractivity contribution >= 4 is 45.2 Å². The Morgan fingerprint density at radius 1 is 1.18 bits per heavy atom. The molecule has 2 aromatic carbocycles. The van der Waals surface area contributed by atoms with Crippen LogP contribution in [0.3, 0.4) is 0 Å². The van der Waals surface area contributed by atoms with Crippen molar-refractivity contribution in [1.82, 2.24) is 10.2 Å². The molecule has 176 valence electrons. The molecule has 2 aromatic rings. The molecular weight excluding hydrogens is 506 g/mol. The van der Waals surface area contributed by atoms with Gasteiger partial charge in [0.2, 0.25) is 11.8 Å². The van der Waals surface area contributed by atoms with E-state index in [9.17, 15) is 19.7 Å². The molecule has 1 aliphatic carbocycles. The highest BCUT2D eigenvalue weighted by atomic mass is 79.9. The molecule has 0 radical (unpaired) electrons. The Kier molecular flexibility index (Phi) is 9.31. The lowest BCUT2D eigenvalue weighted by molar-refractivity contribution is -0.384. The number of amides is 2. The van der Waals surface area contributed by atoms with Gasteiger partial charge in [-0.2, -0.15) is 0 Å². The van der Waals surface area contributed by atoms with Crippen molar-refractivity contribution in [3.05, 3.63) is 74.2 Å². The Bertz CT molecular complexity index is 980. The molecule has 2 amide bonds. The van der Waals surface area contributed by atoms with Crippen LogP contribution in [-0.4, -0.2) is 39.5 Å². The fourth-order valence-electron chi connectivity index (χ4n) is 3.86. The largest absolute Gasteiger partial charge is 0.352 e. The van der Waals surface area contributed by atoms with Crippen LogP contribution in [0.2, 0.25) is 0 Å². The van der Waals surface area contributed by atoms with Crippen LogP contribution in [0, 0.1) is 10.1 Å². The Hall–Kier alpha value is -2.39. The third-order valence-electron chi connectivity index (χ3n) is 5.75. The zero-order valence-electron chi connectivity index (χ0n) is 18.5. The summed E-state index contributed by atoms with van der Waals surface area (Å²) in [5.74, 6) is 0.532. The number of halogens is 1. The number of rotatable bonds is 10. The number of thioether (sulfide) groups is 1. The fraction of sp³-hybridized carbons (Fsp3) is 0.417. The minimum Gasteiger partial charge on any atom is -0.352 e. The van der Waals surface area contributed by atoms with Gasteiger partial charge < -0.3 is 10.2 Å². The van der Waals surface area contributed by atoms with Crippen molar-refractivity contribution in [3.63, 3.8) is 0 Å². The monoisotopic (exact) mass is 533 g/mol. The van der Waals surface area contributed by atoms with Crippen LogP contribution in [0.15, 0.2) is 53.0 Å². The van der Waals surface area contributed by atoms with Gasteiger partial charge in [-0.3, -0.25) is 19.7 Å². The molecule has 0 heterocycles. The van der Waals surface area contributed by atoms with Crippen molar-refractivity contribution in [2.24, 2.45) is 0 Å². The molecule has 0 bridgehead atoms. The molecule has 0 saturated heterocycles. The number of carbonyl (C=O) groups excluding carboxylic acids is 2. The molecule has 1 unspecified atom stereocenters. The lowest BCUT2D eigenvalue weighted by atomic mass is 10.1. The first kappa shape index (κ1) is 25.2. The standard InChI is InChI=1S/C24H28BrN3O4S/c1-17(24(30)26-21-7-2-3-8-21)27(14-19-5-4-6-20(25)13-19)23(29)16-33-15-18-9-11-22(12-10-18)28(31)32/h4-6,9-13,17,21H,2-3,7-8,14-16H2,1H3,(H,26,30). The van der Waals surface area contributed by atoms with Crippen LogP contribution in [0.5, 0.6) is 0 Å². The summed E-state index contributed by atoms with van der Waals surface area (Å²) in [5.41, 5.74) is 1.89. The van der Waals surface area contributed by atoms with Gasteiger partial charge in [0.25, 0.3) is 5.69 Å². The SMILES string of the molecule is CC(C(=O)NC1CCCC1)N(Cc1cccc(Br)c1)C(=O)CSCc1ccc([N+](=O)[O-])cc1. The van der Waals surface area contributed by atoms with E-state index in [2.05, 4.69) is 21.2 Å².